The maximum atomic E-state index is 13.2. The van der Waals surface area contributed by atoms with Crippen molar-refractivity contribution in [3.63, 3.8) is 0 Å². The van der Waals surface area contributed by atoms with E-state index in [-0.39, 0.29) is 12.2 Å². The first-order valence-electron chi connectivity index (χ1n) is 5.19. The van der Waals surface area contributed by atoms with Crippen LogP contribution in [0.25, 0.3) is 0 Å². The van der Waals surface area contributed by atoms with Gasteiger partial charge in [-0.25, -0.2) is 4.39 Å². The smallest absolute Gasteiger partial charge is 0.273 e. The fraction of sp³-hybridized carbons (Fsp3) is 0.364. The molecule has 1 unspecified atom stereocenters. The fourth-order valence-corrected chi connectivity index (χ4v) is 1.33. The Balaban J connectivity index is 3.09. The van der Waals surface area contributed by atoms with Crippen molar-refractivity contribution < 1.29 is 19.2 Å². The second kappa shape index (κ2) is 5.54. The number of likely N-dealkylation sites (N-methyl/N-ethyl adjacent to an activating group) is 1. The van der Waals surface area contributed by atoms with Crippen LogP contribution in [0.1, 0.15) is 17.3 Å². The van der Waals surface area contributed by atoms with E-state index in [0.717, 1.165) is 18.2 Å². The van der Waals surface area contributed by atoms with Gasteiger partial charge in [-0.05, 0) is 13.0 Å². The van der Waals surface area contributed by atoms with Crippen molar-refractivity contribution in [1.82, 2.24) is 4.90 Å². The van der Waals surface area contributed by atoms with E-state index in [4.69, 9.17) is 5.11 Å². The van der Waals surface area contributed by atoms with Gasteiger partial charge >= 0.3 is 0 Å². The average molecular weight is 256 g/mol. The zero-order chi connectivity index (χ0) is 13.9. The molecule has 0 radical (unpaired) electrons. The summed E-state index contributed by atoms with van der Waals surface area (Å²) in [5, 5.41) is 19.5. The van der Waals surface area contributed by atoms with Crippen LogP contribution in [-0.4, -0.2) is 40.5 Å². The molecule has 1 aromatic rings. The molecule has 1 aromatic carbocycles. The molecule has 0 aromatic heterocycles. The van der Waals surface area contributed by atoms with E-state index in [2.05, 4.69) is 0 Å². The molecule has 98 valence electrons. The summed E-state index contributed by atoms with van der Waals surface area (Å²) in [6.07, 6.45) is 0. The molecular formula is C11H13FN2O4. The molecule has 0 saturated carbocycles. The number of halogens is 1. The number of nitro benzene ring substituents is 1. The molecular weight excluding hydrogens is 243 g/mol. The average Bonchev–Trinajstić information content (AvgIpc) is 2.35. The predicted molar refractivity (Wildman–Crippen MR) is 61.7 cm³/mol. The standard InChI is InChI=1S/C11H13FN2O4/c1-7(6-15)13(2)11(16)8-3-9(12)5-10(4-8)14(17)18/h3-5,7,15H,6H2,1-2H3. The van der Waals surface area contributed by atoms with E-state index in [0.29, 0.717) is 0 Å². The minimum absolute atomic E-state index is 0.121. The summed E-state index contributed by atoms with van der Waals surface area (Å²) < 4.78 is 13.2. The highest BCUT2D eigenvalue weighted by molar-refractivity contribution is 5.94. The van der Waals surface area contributed by atoms with Gasteiger partial charge in [0.1, 0.15) is 5.82 Å². The number of amides is 1. The van der Waals surface area contributed by atoms with Crippen LogP contribution in [0.4, 0.5) is 10.1 Å². The Morgan fingerprint density at radius 1 is 1.56 bits per heavy atom. The topological polar surface area (TPSA) is 83.7 Å². The van der Waals surface area contributed by atoms with E-state index >= 15 is 0 Å². The van der Waals surface area contributed by atoms with Crippen LogP contribution >= 0.6 is 0 Å². The second-order valence-corrected chi connectivity index (χ2v) is 3.90. The molecule has 0 aliphatic carbocycles. The Morgan fingerprint density at radius 2 is 2.17 bits per heavy atom. The molecule has 0 spiro atoms. The summed E-state index contributed by atoms with van der Waals surface area (Å²) in [6.45, 7) is 1.35. The van der Waals surface area contributed by atoms with Crippen molar-refractivity contribution in [1.29, 1.82) is 0 Å². The van der Waals surface area contributed by atoms with Crippen LogP contribution in [-0.2, 0) is 0 Å². The minimum atomic E-state index is -0.849. The van der Waals surface area contributed by atoms with E-state index in [1.807, 2.05) is 0 Å². The number of hydrogen-bond donors (Lipinski definition) is 1. The van der Waals surface area contributed by atoms with Crippen molar-refractivity contribution in [2.75, 3.05) is 13.7 Å². The summed E-state index contributed by atoms with van der Waals surface area (Å²) in [5.74, 6) is -1.43. The lowest BCUT2D eigenvalue weighted by molar-refractivity contribution is -0.385. The maximum absolute atomic E-state index is 13.2. The van der Waals surface area contributed by atoms with Crippen molar-refractivity contribution in [3.8, 4) is 0 Å². The SMILES string of the molecule is CC(CO)N(C)C(=O)c1cc(F)cc([N+](=O)[O-])c1. The Morgan fingerprint density at radius 3 is 2.67 bits per heavy atom. The largest absolute Gasteiger partial charge is 0.394 e. The van der Waals surface area contributed by atoms with Crippen LogP contribution in [0, 0.1) is 15.9 Å². The quantitative estimate of drug-likeness (QED) is 0.647. The molecule has 0 saturated heterocycles. The molecule has 0 heterocycles. The number of rotatable bonds is 4. The Labute approximate surface area is 103 Å². The molecule has 1 N–H and O–H groups in total. The van der Waals surface area contributed by atoms with E-state index < -0.39 is 28.4 Å². The van der Waals surface area contributed by atoms with Crippen LogP contribution in [0.2, 0.25) is 0 Å². The van der Waals surface area contributed by atoms with Crippen LogP contribution < -0.4 is 0 Å². The molecule has 6 nitrogen and oxygen atoms in total. The Hall–Kier alpha value is -2.02. The third-order valence-electron chi connectivity index (χ3n) is 2.59. The number of nitro groups is 1. The number of aliphatic hydroxyl groups excluding tert-OH is 1. The number of benzene rings is 1. The van der Waals surface area contributed by atoms with Crippen LogP contribution in [0.5, 0.6) is 0 Å². The summed E-state index contributed by atoms with van der Waals surface area (Å²) in [5.41, 5.74) is -0.604. The molecule has 18 heavy (non-hydrogen) atoms. The number of hydrogen-bond acceptors (Lipinski definition) is 4. The van der Waals surface area contributed by atoms with Gasteiger partial charge in [-0.3, -0.25) is 14.9 Å². The summed E-state index contributed by atoms with van der Waals surface area (Å²) in [6, 6.07) is 2.22. The highest BCUT2D eigenvalue weighted by Crippen LogP contribution is 2.18. The van der Waals surface area contributed by atoms with Gasteiger partial charge < -0.3 is 10.0 Å². The molecule has 1 amide bonds. The molecule has 0 aliphatic rings. The highest BCUT2D eigenvalue weighted by atomic mass is 19.1. The van der Waals surface area contributed by atoms with E-state index in [1.54, 1.807) is 6.92 Å². The number of non-ortho nitro benzene ring substituents is 1. The van der Waals surface area contributed by atoms with Gasteiger partial charge in [-0.1, -0.05) is 0 Å². The zero-order valence-electron chi connectivity index (χ0n) is 9.96. The van der Waals surface area contributed by atoms with Crippen LogP contribution in [0.3, 0.4) is 0 Å². The summed E-state index contributed by atoms with van der Waals surface area (Å²) in [4.78, 5) is 22.9. The number of carbonyl (C=O) groups excluding carboxylic acids is 1. The van der Waals surface area contributed by atoms with Crippen molar-refractivity contribution in [3.05, 3.63) is 39.7 Å². The van der Waals surface area contributed by atoms with Gasteiger partial charge in [0.15, 0.2) is 0 Å². The van der Waals surface area contributed by atoms with Crippen LogP contribution in [0.15, 0.2) is 18.2 Å². The van der Waals surface area contributed by atoms with Gasteiger partial charge in [0.2, 0.25) is 0 Å². The summed E-state index contributed by atoms with van der Waals surface area (Å²) in [7, 11) is 1.43. The normalized spacial score (nSPS) is 12.0. The molecule has 1 atom stereocenters. The molecule has 7 heteroatoms. The first-order valence-corrected chi connectivity index (χ1v) is 5.19. The molecule has 0 fully saturated rings. The fourth-order valence-electron chi connectivity index (χ4n) is 1.33. The van der Waals surface area contributed by atoms with Gasteiger partial charge in [-0.15, -0.1) is 0 Å². The van der Waals surface area contributed by atoms with Gasteiger partial charge in [0.05, 0.1) is 23.6 Å². The minimum Gasteiger partial charge on any atom is -0.394 e. The molecule has 1 rings (SSSR count). The van der Waals surface area contributed by atoms with Crippen molar-refractivity contribution in [2.45, 2.75) is 13.0 Å². The third kappa shape index (κ3) is 3.01. The van der Waals surface area contributed by atoms with E-state index in [9.17, 15) is 19.3 Å². The van der Waals surface area contributed by atoms with E-state index in [1.165, 1.54) is 11.9 Å². The zero-order valence-corrected chi connectivity index (χ0v) is 9.96. The van der Waals surface area contributed by atoms with Gasteiger partial charge in [0.25, 0.3) is 11.6 Å². The first kappa shape index (κ1) is 14.0. The number of carbonyl (C=O) groups is 1. The molecule has 0 aliphatic heterocycles. The maximum Gasteiger partial charge on any atom is 0.273 e. The second-order valence-electron chi connectivity index (χ2n) is 3.90. The lowest BCUT2D eigenvalue weighted by Gasteiger charge is -2.23. The number of nitrogens with zero attached hydrogens (tertiary/aromatic N) is 2. The third-order valence-corrected chi connectivity index (χ3v) is 2.59. The number of aliphatic hydroxyl groups is 1. The molecule has 0 bridgehead atoms. The summed E-state index contributed by atoms with van der Waals surface area (Å²) >= 11 is 0. The lowest BCUT2D eigenvalue weighted by atomic mass is 10.1. The Bertz CT molecular complexity index is 478. The first-order chi connectivity index (χ1) is 8.36. The van der Waals surface area contributed by atoms with Crippen molar-refractivity contribution >= 4 is 11.6 Å². The van der Waals surface area contributed by atoms with Gasteiger partial charge in [-0.2, -0.15) is 0 Å². The Kier molecular flexibility index (Phi) is 4.33. The monoisotopic (exact) mass is 256 g/mol. The lowest BCUT2D eigenvalue weighted by Crippen LogP contribution is -2.37. The van der Waals surface area contributed by atoms with Crippen molar-refractivity contribution in [2.24, 2.45) is 0 Å². The highest BCUT2D eigenvalue weighted by Gasteiger charge is 2.20. The van der Waals surface area contributed by atoms with Gasteiger partial charge in [0, 0.05) is 18.7 Å². The predicted octanol–water partition coefficient (Wildman–Crippen LogP) is 1.19.